The number of sulfone groups is 1. The minimum absolute atomic E-state index is 0.256. The van der Waals surface area contributed by atoms with Crippen LogP contribution in [-0.2, 0) is 14.6 Å². The maximum atomic E-state index is 11.5. The monoisotopic (exact) mass is 269 g/mol. The summed E-state index contributed by atoms with van der Waals surface area (Å²) in [5.74, 6) is 0.598. The second-order valence-electron chi connectivity index (χ2n) is 4.03. The van der Waals surface area contributed by atoms with Gasteiger partial charge in [-0.1, -0.05) is 0 Å². The molecule has 0 bridgehead atoms. The molecule has 0 aliphatic rings. The highest BCUT2D eigenvalue weighted by atomic mass is 32.2. The lowest BCUT2D eigenvalue weighted by Gasteiger charge is -2.08. The number of methoxy groups -OCH3 is 1. The number of imidazole rings is 1. The van der Waals surface area contributed by atoms with E-state index in [1.54, 1.807) is 19.2 Å². The average molecular weight is 269 g/mol. The van der Waals surface area contributed by atoms with Crippen LogP contribution in [0.2, 0.25) is 0 Å². The average Bonchev–Trinajstić information content (AvgIpc) is 2.71. The Morgan fingerprint density at radius 3 is 2.78 bits per heavy atom. The normalized spacial score (nSPS) is 13.9. The summed E-state index contributed by atoms with van der Waals surface area (Å²) in [6.07, 6.45) is 0.850. The molecule has 18 heavy (non-hydrogen) atoms. The van der Waals surface area contributed by atoms with Crippen molar-refractivity contribution in [2.75, 3.05) is 19.9 Å². The molecule has 1 aromatic carbocycles. The van der Waals surface area contributed by atoms with Crippen molar-refractivity contribution in [3.63, 3.8) is 0 Å². The van der Waals surface area contributed by atoms with E-state index in [0.29, 0.717) is 23.4 Å². The highest BCUT2D eigenvalue weighted by Crippen LogP contribution is 2.20. The topological polar surface area (TPSA) is 98.1 Å². The SMILES string of the molecule is COC(CN)c1nc2ccc(S(C)(=O)=O)cc2[nH]1. The van der Waals surface area contributed by atoms with E-state index >= 15 is 0 Å². The number of nitrogens with one attached hydrogen (secondary N) is 1. The van der Waals surface area contributed by atoms with E-state index in [0.717, 1.165) is 0 Å². The largest absolute Gasteiger partial charge is 0.372 e. The summed E-state index contributed by atoms with van der Waals surface area (Å²) in [6.45, 7) is 0.301. The zero-order chi connectivity index (χ0) is 13.3. The van der Waals surface area contributed by atoms with Gasteiger partial charge in [0.05, 0.1) is 15.9 Å². The molecule has 0 aliphatic heterocycles. The van der Waals surface area contributed by atoms with Gasteiger partial charge >= 0.3 is 0 Å². The van der Waals surface area contributed by atoms with Crippen LogP contribution in [0.1, 0.15) is 11.9 Å². The van der Waals surface area contributed by atoms with E-state index in [2.05, 4.69) is 9.97 Å². The van der Waals surface area contributed by atoms with Gasteiger partial charge in [-0.05, 0) is 18.2 Å². The third-order valence-corrected chi connectivity index (χ3v) is 3.81. The van der Waals surface area contributed by atoms with Crippen LogP contribution in [0.3, 0.4) is 0 Å². The van der Waals surface area contributed by atoms with Crippen molar-refractivity contribution in [1.82, 2.24) is 9.97 Å². The first-order valence-corrected chi connectivity index (χ1v) is 7.27. The molecule has 0 saturated carbocycles. The quantitative estimate of drug-likeness (QED) is 0.847. The Kier molecular flexibility index (Phi) is 3.38. The standard InChI is InChI=1S/C11H15N3O3S/c1-17-10(6-12)11-13-8-4-3-7(18(2,15)16)5-9(8)14-11/h3-5,10H,6,12H2,1-2H3,(H,13,14). The van der Waals surface area contributed by atoms with Gasteiger partial charge in [-0.2, -0.15) is 0 Å². The third kappa shape index (κ3) is 2.38. The Labute approximate surface area is 105 Å². The summed E-state index contributed by atoms with van der Waals surface area (Å²) >= 11 is 0. The molecule has 7 heteroatoms. The number of H-pyrrole nitrogens is 1. The van der Waals surface area contributed by atoms with Crippen molar-refractivity contribution < 1.29 is 13.2 Å². The molecule has 6 nitrogen and oxygen atoms in total. The first-order chi connectivity index (χ1) is 8.45. The van der Waals surface area contributed by atoms with Crippen molar-refractivity contribution in [3.05, 3.63) is 24.0 Å². The lowest BCUT2D eigenvalue weighted by molar-refractivity contribution is 0.104. The van der Waals surface area contributed by atoms with Crippen molar-refractivity contribution in [2.45, 2.75) is 11.0 Å². The number of ether oxygens (including phenoxy) is 1. The maximum absolute atomic E-state index is 11.5. The number of aromatic nitrogens is 2. The molecular formula is C11H15N3O3S. The van der Waals surface area contributed by atoms with Gasteiger partial charge in [0.1, 0.15) is 11.9 Å². The molecule has 0 amide bonds. The highest BCUT2D eigenvalue weighted by Gasteiger charge is 2.15. The summed E-state index contributed by atoms with van der Waals surface area (Å²) in [7, 11) is -1.67. The molecule has 1 aromatic heterocycles. The van der Waals surface area contributed by atoms with E-state index < -0.39 is 9.84 Å². The second-order valence-corrected chi connectivity index (χ2v) is 6.05. The number of rotatable bonds is 4. The van der Waals surface area contributed by atoms with Gasteiger partial charge in [0, 0.05) is 19.9 Å². The molecule has 0 spiro atoms. The molecule has 3 N–H and O–H groups in total. The molecule has 0 aliphatic carbocycles. The van der Waals surface area contributed by atoms with Gasteiger partial charge < -0.3 is 15.5 Å². The van der Waals surface area contributed by atoms with Gasteiger partial charge in [0.25, 0.3) is 0 Å². The number of hydrogen-bond donors (Lipinski definition) is 2. The number of nitrogens with two attached hydrogens (primary N) is 1. The Morgan fingerprint density at radius 1 is 1.50 bits per heavy atom. The van der Waals surface area contributed by atoms with Crippen LogP contribution in [0.5, 0.6) is 0 Å². The molecule has 1 atom stereocenters. The van der Waals surface area contributed by atoms with Crippen molar-refractivity contribution in [1.29, 1.82) is 0 Å². The first-order valence-electron chi connectivity index (χ1n) is 5.38. The van der Waals surface area contributed by atoms with E-state index in [-0.39, 0.29) is 11.0 Å². The van der Waals surface area contributed by atoms with Crippen molar-refractivity contribution in [2.24, 2.45) is 5.73 Å². The van der Waals surface area contributed by atoms with E-state index in [4.69, 9.17) is 10.5 Å². The van der Waals surface area contributed by atoms with Crippen molar-refractivity contribution >= 4 is 20.9 Å². The van der Waals surface area contributed by atoms with Gasteiger partial charge in [0.15, 0.2) is 9.84 Å². The van der Waals surface area contributed by atoms with Crippen LogP contribution in [0.4, 0.5) is 0 Å². The lowest BCUT2D eigenvalue weighted by atomic mass is 10.3. The fourth-order valence-electron chi connectivity index (χ4n) is 1.71. The Balaban J connectivity index is 2.52. The summed E-state index contributed by atoms with van der Waals surface area (Å²) < 4.78 is 28.1. The van der Waals surface area contributed by atoms with Crippen LogP contribution in [0.25, 0.3) is 11.0 Å². The molecule has 1 heterocycles. The van der Waals surface area contributed by atoms with Crippen LogP contribution in [0.15, 0.2) is 23.1 Å². The van der Waals surface area contributed by atoms with Gasteiger partial charge in [-0.3, -0.25) is 0 Å². The summed E-state index contributed by atoms with van der Waals surface area (Å²) in [4.78, 5) is 7.61. The van der Waals surface area contributed by atoms with E-state index in [9.17, 15) is 8.42 Å². The number of aromatic amines is 1. The Bertz CT molecular complexity index is 659. The van der Waals surface area contributed by atoms with Crippen LogP contribution < -0.4 is 5.73 Å². The van der Waals surface area contributed by atoms with Gasteiger partial charge in [0.2, 0.25) is 0 Å². The third-order valence-electron chi connectivity index (χ3n) is 2.70. The fourth-order valence-corrected chi connectivity index (χ4v) is 2.36. The highest BCUT2D eigenvalue weighted by molar-refractivity contribution is 7.90. The molecule has 98 valence electrons. The first kappa shape index (κ1) is 13.0. The molecule has 0 radical (unpaired) electrons. The predicted molar refractivity (Wildman–Crippen MR) is 68.0 cm³/mol. The molecule has 2 rings (SSSR count). The minimum Gasteiger partial charge on any atom is -0.372 e. The fraction of sp³-hybridized carbons (Fsp3) is 0.364. The number of benzene rings is 1. The summed E-state index contributed by atoms with van der Waals surface area (Å²) in [6, 6.07) is 4.76. The Hall–Kier alpha value is -1.44. The summed E-state index contributed by atoms with van der Waals surface area (Å²) in [5, 5.41) is 0. The van der Waals surface area contributed by atoms with Crippen LogP contribution in [-0.4, -0.2) is 38.3 Å². The molecule has 0 fully saturated rings. The zero-order valence-corrected chi connectivity index (χ0v) is 11.0. The maximum Gasteiger partial charge on any atom is 0.175 e. The van der Waals surface area contributed by atoms with E-state index in [1.807, 2.05) is 0 Å². The minimum atomic E-state index is -3.22. The number of fused-ring (bicyclic) bond motifs is 1. The predicted octanol–water partition coefficient (Wildman–Crippen LogP) is 0.613. The van der Waals surface area contributed by atoms with Gasteiger partial charge in [-0.15, -0.1) is 0 Å². The molecule has 2 aromatic rings. The lowest BCUT2D eigenvalue weighted by Crippen LogP contribution is -2.15. The van der Waals surface area contributed by atoms with Crippen molar-refractivity contribution in [3.8, 4) is 0 Å². The van der Waals surface area contributed by atoms with Crippen LogP contribution in [0, 0.1) is 0 Å². The molecule has 1 unspecified atom stereocenters. The van der Waals surface area contributed by atoms with Gasteiger partial charge in [-0.25, -0.2) is 13.4 Å². The smallest absolute Gasteiger partial charge is 0.175 e. The zero-order valence-electron chi connectivity index (χ0n) is 10.2. The number of nitrogens with zero attached hydrogens (tertiary/aromatic N) is 1. The summed E-state index contributed by atoms with van der Waals surface area (Å²) in [5.41, 5.74) is 6.90. The molecule has 0 saturated heterocycles. The van der Waals surface area contributed by atoms with Crippen LogP contribution >= 0.6 is 0 Å². The Morgan fingerprint density at radius 2 is 2.22 bits per heavy atom. The second kappa shape index (κ2) is 4.68. The number of hydrogen-bond acceptors (Lipinski definition) is 5. The molecular weight excluding hydrogens is 254 g/mol. The van der Waals surface area contributed by atoms with E-state index in [1.165, 1.54) is 12.3 Å².